The van der Waals surface area contributed by atoms with Gasteiger partial charge in [0.2, 0.25) is 5.91 Å². The van der Waals surface area contributed by atoms with Crippen LogP contribution in [0.15, 0.2) is 51.5 Å². The van der Waals surface area contributed by atoms with Crippen molar-refractivity contribution in [3.8, 4) is 0 Å². The zero-order chi connectivity index (χ0) is 14.8. The first kappa shape index (κ1) is 13.8. The van der Waals surface area contributed by atoms with E-state index in [9.17, 15) is 4.79 Å². The molecule has 3 rings (SSSR count). The van der Waals surface area contributed by atoms with Gasteiger partial charge in [0, 0.05) is 15.5 Å². The third-order valence-corrected chi connectivity index (χ3v) is 3.75. The molecule has 106 valence electrons. The molecule has 0 saturated carbocycles. The molecule has 0 fully saturated rings. The van der Waals surface area contributed by atoms with Crippen LogP contribution in [0.3, 0.4) is 0 Å². The quantitative estimate of drug-likeness (QED) is 0.778. The second kappa shape index (κ2) is 5.69. The predicted molar refractivity (Wildman–Crippen MR) is 85.2 cm³/mol. The normalized spacial score (nSPS) is 10.8. The summed E-state index contributed by atoms with van der Waals surface area (Å²) in [6.45, 7) is 1.95. The highest BCUT2D eigenvalue weighted by Crippen LogP contribution is 2.22. The Labute approximate surface area is 130 Å². The van der Waals surface area contributed by atoms with E-state index < -0.39 is 0 Å². The second-order valence-corrected chi connectivity index (χ2v) is 5.73. The highest BCUT2D eigenvalue weighted by atomic mass is 79.9. The minimum absolute atomic E-state index is 0.116. The second-order valence-electron chi connectivity index (χ2n) is 4.81. The Kier molecular flexibility index (Phi) is 3.75. The minimum atomic E-state index is -0.116. The average molecular weight is 345 g/mol. The van der Waals surface area contributed by atoms with Crippen molar-refractivity contribution in [1.29, 1.82) is 0 Å². The van der Waals surface area contributed by atoms with Gasteiger partial charge in [-0.25, -0.2) is 0 Å². The van der Waals surface area contributed by atoms with Crippen molar-refractivity contribution >= 4 is 38.5 Å². The van der Waals surface area contributed by atoms with E-state index in [1.165, 1.54) is 0 Å². The number of para-hydroxylation sites is 1. The zero-order valence-electron chi connectivity index (χ0n) is 11.4. The summed E-state index contributed by atoms with van der Waals surface area (Å²) in [6.07, 6.45) is 0.183. The summed E-state index contributed by atoms with van der Waals surface area (Å²) < 4.78 is 6.13. The van der Waals surface area contributed by atoms with Crippen molar-refractivity contribution in [2.75, 3.05) is 5.32 Å². The van der Waals surface area contributed by atoms with Crippen molar-refractivity contribution in [3.63, 3.8) is 0 Å². The number of amides is 1. The number of anilines is 1. The Bertz CT molecular complexity index is 811. The highest BCUT2D eigenvalue weighted by molar-refractivity contribution is 9.10. The van der Waals surface area contributed by atoms with Gasteiger partial charge in [0.15, 0.2) is 5.58 Å². The Morgan fingerprint density at radius 1 is 1.29 bits per heavy atom. The van der Waals surface area contributed by atoms with Crippen molar-refractivity contribution in [1.82, 2.24) is 5.16 Å². The van der Waals surface area contributed by atoms with Crippen LogP contribution in [-0.4, -0.2) is 11.1 Å². The first-order valence-corrected chi connectivity index (χ1v) is 7.32. The average Bonchev–Trinajstić information content (AvgIpc) is 2.86. The van der Waals surface area contributed by atoms with Crippen LogP contribution in [0.2, 0.25) is 0 Å². The van der Waals surface area contributed by atoms with E-state index in [1.54, 1.807) is 0 Å². The van der Waals surface area contributed by atoms with Gasteiger partial charge in [-0.05, 0) is 36.8 Å². The molecule has 1 N–H and O–H groups in total. The molecular weight excluding hydrogens is 332 g/mol. The molecule has 1 aromatic heterocycles. The molecule has 0 bridgehead atoms. The number of nitrogens with zero attached hydrogens (tertiary/aromatic N) is 1. The van der Waals surface area contributed by atoms with Crippen molar-refractivity contribution in [3.05, 3.63) is 58.2 Å². The van der Waals surface area contributed by atoms with Gasteiger partial charge in [0.25, 0.3) is 0 Å². The molecule has 0 unspecified atom stereocenters. The third-order valence-electron chi connectivity index (χ3n) is 3.25. The SMILES string of the molecule is Cc1ccc(Br)cc1NC(=O)Cc1noc2ccccc12. The van der Waals surface area contributed by atoms with Crippen molar-refractivity contribution < 1.29 is 9.32 Å². The molecule has 0 saturated heterocycles. The minimum Gasteiger partial charge on any atom is -0.356 e. The molecule has 5 heteroatoms. The van der Waals surface area contributed by atoms with Crippen molar-refractivity contribution in [2.24, 2.45) is 0 Å². The molecule has 0 aliphatic heterocycles. The number of nitrogens with one attached hydrogen (secondary N) is 1. The fourth-order valence-electron chi connectivity index (χ4n) is 2.14. The Hall–Kier alpha value is -2.14. The molecule has 21 heavy (non-hydrogen) atoms. The maximum absolute atomic E-state index is 12.2. The van der Waals surface area contributed by atoms with Gasteiger partial charge in [-0.2, -0.15) is 0 Å². The van der Waals surface area contributed by atoms with Crippen LogP contribution < -0.4 is 5.32 Å². The Morgan fingerprint density at radius 3 is 2.95 bits per heavy atom. The third kappa shape index (κ3) is 2.97. The number of halogens is 1. The van der Waals surface area contributed by atoms with Gasteiger partial charge in [-0.1, -0.05) is 39.3 Å². The number of aromatic nitrogens is 1. The van der Waals surface area contributed by atoms with Crippen LogP contribution in [0.1, 0.15) is 11.3 Å². The lowest BCUT2D eigenvalue weighted by molar-refractivity contribution is -0.115. The number of fused-ring (bicyclic) bond motifs is 1. The van der Waals surface area contributed by atoms with Crippen LogP contribution >= 0.6 is 15.9 Å². The van der Waals surface area contributed by atoms with E-state index in [1.807, 2.05) is 49.4 Å². The summed E-state index contributed by atoms with van der Waals surface area (Å²) in [7, 11) is 0. The fourth-order valence-corrected chi connectivity index (χ4v) is 2.50. The van der Waals surface area contributed by atoms with Crippen LogP contribution in [-0.2, 0) is 11.2 Å². The van der Waals surface area contributed by atoms with E-state index in [4.69, 9.17) is 4.52 Å². The van der Waals surface area contributed by atoms with E-state index in [-0.39, 0.29) is 12.3 Å². The summed E-state index contributed by atoms with van der Waals surface area (Å²) in [4.78, 5) is 12.2. The molecule has 1 amide bonds. The monoisotopic (exact) mass is 344 g/mol. The lowest BCUT2D eigenvalue weighted by Crippen LogP contribution is -2.15. The van der Waals surface area contributed by atoms with E-state index in [2.05, 4.69) is 26.4 Å². The van der Waals surface area contributed by atoms with Gasteiger partial charge < -0.3 is 9.84 Å². The largest absolute Gasteiger partial charge is 0.356 e. The fraction of sp³-hybridized carbons (Fsp3) is 0.125. The standard InChI is InChI=1S/C16H13BrN2O2/c1-10-6-7-11(17)8-13(10)18-16(20)9-14-12-4-2-3-5-15(12)21-19-14/h2-8H,9H2,1H3,(H,18,20). The van der Waals surface area contributed by atoms with E-state index in [0.717, 1.165) is 21.1 Å². The van der Waals surface area contributed by atoms with Crippen LogP contribution in [0.5, 0.6) is 0 Å². The van der Waals surface area contributed by atoms with Gasteiger partial charge in [-0.3, -0.25) is 4.79 Å². The van der Waals surface area contributed by atoms with Gasteiger partial charge in [0.05, 0.1) is 6.42 Å². The summed E-state index contributed by atoms with van der Waals surface area (Å²) in [6, 6.07) is 13.3. The van der Waals surface area contributed by atoms with Crippen molar-refractivity contribution in [2.45, 2.75) is 13.3 Å². The first-order chi connectivity index (χ1) is 10.1. The maximum atomic E-state index is 12.2. The summed E-state index contributed by atoms with van der Waals surface area (Å²) in [5, 5.41) is 7.75. The number of benzene rings is 2. The van der Waals surface area contributed by atoms with Crippen LogP contribution in [0.4, 0.5) is 5.69 Å². The number of hydrogen-bond donors (Lipinski definition) is 1. The number of aryl methyl sites for hydroxylation is 1. The smallest absolute Gasteiger partial charge is 0.230 e. The van der Waals surface area contributed by atoms with Crippen LogP contribution in [0, 0.1) is 6.92 Å². The molecule has 3 aromatic rings. The highest BCUT2D eigenvalue weighted by Gasteiger charge is 2.13. The number of hydrogen-bond acceptors (Lipinski definition) is 3. The number of carbonyl (C=O) groups excluding carboxylic acids is 1. The molecule has 0 spiro atoms. The number of carbonyl (C=O) groups is 1. The first-order valence-electron chi connectivity index (χ1n) is 6.53. The molecule has 0 aliphatic carbocycles. The molecule has 0 radical (unpaired) electrons. The summed E-state index contributed by atoms with van der Waals surface area (Å²) >= 11 is 3.40. The molecule has 4 nitrogen and oxygen atoms in total. The number of rotatable bonds is 3. The molecular formula is C16H13BrN2O2. The van der Waals surface area contributed by atoms with E-state index in [0.29, 0.717) is 11.3 Å². The maximum Gasteiger partial charge on any atom is 0.230 e. The van der Waals surface area contributed by atoms with E-state index >= 15 is 0 Å². The predicted octanol–water partition coefficient (Wildman–Crippen LogP) is 4.08. The summed E-state index contributed by atoms with van der Waals surface area (Å²) in [5.74, 6) is -0.116. The Morgan fingerprint density at radius 2 is 2.10 bits per heavy atom. The lowest BCUT2D eigenvalue weighted by atomic mass is 10.1. The molecule has 0 aliphatic rings. The van der Waals surface area contributed by atoms with Crippen LogP contribution in [0.25, 0.3) is 11.0 Å². The topological polar surface area (TPSA) is 55.1 Å². The molecule has 2 aromatic carbocycles. The Balaban J connectivity index is 1.79. The lowest BCUT2D eigenvalue weighted by Gasteiger charge is -2.08. The summed E-state index contributed by atoms with van der Waals surface area (Å²) in [5.41, 5.74) is 3.15. The van der Waals surface area contributed by atoms with Gasteiger partial charge in [-0.15, -0.1) is 0 Å². The zero-order valence-corrected chi connectivity index (χ0v) is 13.0. The van der Waals surface area contributed by atoms with Gasteiger partial charge in [0.1, 0.15) is 5.69 Å². The molecule has 1 heterocycles. The molecule has 0 atom stereocenters. The van der Waals surface area contributed by atoms with Gasteiger partial charge >= 0.3 is 0 Å².